The molecule has 0 heterocycles. The quantitative estimate of drug-likeness (QED) is 0.845. The fourth-order valence-corrected chi connectivity index (χ4v) is 2.52. The summed E-state index contributed by atoms with van der Waals surface area (Å²) in [6, 6.07) is 15.0. The first-order valence-electron chi connectivity index (χ1n) is 8.01. The van der Waals surface area contributed by atoms with E-state index in [1.807, 2.05) is 36.4 Å². The lowest BCUT2D eigenvalue weighted by atomic mass is 10.1. The Hall–Kier alpha value is -2.33. The van der Waals surface area contributed by atoms with Crippen LogP contribution in [-0.4, -0.2) is 17.9 Å². The molecule has 0 bridgehead atoms. The van der Waals surface area contributed by atoms with E-state index in [2.05, 4.69) is 10.6 Å². The van der Waals surface area contributed by atoms with Crippen molar-refractivity contribution in [1.29, 1.82) is 0 Å². The van der Waals surface area contributed by atoms with Crippen LogP contribution in [0.1, 0.15) is 24.0 Å². The Bertz CT molecular complexity index is 722. The molecule has 124 valence electrons. The first-order chi connectivity index (χ1) is 11.6. The maximum absolute atomic E-state index is 12.0. The molecule has 3 rings (SSSR count). The van der Waals surface area contributed by atoms with Gasteiger partial charge in [-0.1, -0.05) is 35.9 Å². The van der Waals surface area contributed by atoms with E-state index in [-0.39, 0.29) is 11.8 Å². The van der Waals surface area contributed by atoms with Gasteiger partial charge in [-0.15, -0.1) is 0 Å². The van der Waals surface area contributed by atoms with Crippen LogP contribution in [0, 0.1) is 0 Å². The smallest absolute Gasteiger partial charge is 0.228 e. The summed E-state index contributed by atoms with van der Waals surface area (Å²) in [5, 5.41) is 6.47. The standard InChI is InChI=1S/C19H19ClN2O2/c20-15-5-1-13(2-6-15)11-18(23)21-16-7-3-14(4-8-16)12-19(24)22-17-9-10-17/h1-8,17H,9-12H2,(H,21,23)(H,22,24). The number of benzene rings is 2. The molecule has 1 aliphatic carbocycles. The molecule has 0 aromatic heterocycles. The second kappa shape index (κ2) is 7.49. The number of hydrogen-bond donors (Lipinski definition) is 2. The first kappa shape index (κ1) is 16.5. The summed E-state index contributed by atoms with van der Waals surface area (Å²) < 4.78 is 0. The van der Waals surface area contributed by atoms with Crippen molar-refractivity contribution in [3.05, 3.63) is 64.7 Å². The largest absolute Gasteiger partial charge is 0.353 e. The van der Waals surface area contributed by atoms with E-state index in [1.165, 1.54) is 0 Å². The number of amides is 2. The van der Waals surface area contributed by atoms with Crippen molar-refractivity contribution in [2.24, 2.45) is 0 Å². The molecule has 0 saturated heterocycles. The number of hydrogen-bond acceptors (Lipinski definition) is 2. The zero-order valence-corrected chi connectivity index (χ0v) is 14.0. The summed E-state index contributed by atoms with van der Waals surface area (Å²) in [5.74, 6) is -0.0337. The molecule has 4 nitrogen and oxygen atoms in total. The predicted molar refractivity (Wildman–Crippen MR) is 95.1 cm³/mol. The van der Waals surface area contributed by atoms with Crippen molar-refractivity contribution in [1.82, 2.24) is 5.32 Å². The normalized spacial score (nSPS) is 13.4. The third-order valence-electron chi connectivity index (χ3n) is 3.82. The van der Waals surface area contributed by atoms with E-state index in [9.17, 15) is 9.59 Å². The Labute approximate surface area is 146 Å². The van der Waals surface area contributed by atoms with Gasteiger partial charge in [-0.25, -0.2) is 0 Å². The molecule has 5 heteroatoms. The molecule has 0 aliphatic heterocycles. The highest BCUT2D eigenvalue weighted by atomic mass is 35.5. The van der Waals surface area contributed by atoms with Crippen molar-refractivity contribution in [3.8, 4) is 0 Å². The molecule has 0 unspecified atom stereocenters. The van der Waals surface area contributed by atoms with Crippen LogP contribution in [0.15, 0.2) is 48.5 Å². The van der Waals surface area contributed by atoms with Crippen LogP contribution in [0.25, 0.3) is 0 Å². The first-order valence-corrected chi connectivity index (χ1v) is 8.39. The Kier molecular flexibility index (Phi) is 5.16. The van der Waals surface area contributed by atoms with Gasteiger partial charge in [-0.2, -0.15) is 0 Å². The highest BCUT2D eigenvalue weighted by molar-refractivity contribution is 6.30. The highest BCUT2D eigenvalue weighted by Gasteiger charge is 2.22. The Morgan fingerprint density at radius 3 is 2.00 bits per heavy atom. The summed E-state index contributed by atoms with van der Waals surface area (Å²) in [4.78, 5) is 23.8. The second-order valence-corrected chi connectivity index (χ2v) is 6.50. The second-order valence-electron chi connectivity index (χ2n) is 6.07. The third-order valence-corrected chi connectivity index (χ3v) is 4.07. The summed E-state index contributed by atoms with van der Waals surface area (Å²) >= 11 is 5.83. The number of carbonyl (C=O) groups is 2. The summed E-state index contributed by atoms with van der Waals surface area (Å²) in [6.45, 7) is 0. The number of halogens is 1. The minimum Gasteiger partial charge on any atom is -0.353 e. The summed E-state index contributed by atoms with van der Waals surface area (Å²) in [7, 11) is 0. The van der Waals surface area contributed by atoms with E-state index < -0.39 is 0 Å². The van der Waals surface area contributed by atoms with E-state index in [1.54, 1.807) is 12.1 Å². The lowest BCUT2D eigenvalue weighted by Crippen LogP contribution is -2.26. The Morgan fingerprint density at radius 1 is 0.875 bits per heavy atom. The molecule has 1 aliphatic rings. The van der Waals surface area contributed by atoms with Gasteiger partial charge in [-0.05, 0) is 48.2 Å². The van der Waals surface area contributed by atoms with Gasteiger partial charge in [0.25, 0.3) is 0 Å². The van der Waals surface area contributed by atoms with Gasteiger partial charge in [0.05, 0.1) is 12.8 Å². The van der Waals surface area contributed by atoms with Crippen LogP contribution in [0.2, 0.25) is 5.02 Å². The SMILES string of the molecule is O=C(Cc1ccc(Cl)cc1)Nc1ccc(CC(=O)NC2CC2)cc1. The summed E-state index contributed by atoms with van der Waals surface area (Å²) in [6.07, 6.45) is 2.84. The van der Waals surface area contributed by atoms with Crippen molar-refractivity contribution in [2.45, 2.75) is 31.7 Å². The monoisotopic (exact) mass is 342 g/mol. The van der Waals surface area contributed by atoms with Crippen molar-refractivity contribution in [3.63, 3.8) is 0 Å². The van der Waals surface area contributed by atoms with E-state index in [4.69, 9.17) is 11.6 Å². The van der Waals surface area contributed by atoms with Crippen LogP contribution in [0.5, 0.6) is 0 Å². The zero-order chi connectivity index (χ0) is 16.9. The van der Waals surface area contributed by atoms with Crippen molar-refractivity contribution in [2.75, 3.05) is 5.32 Å². The molecule has 2 aromatic rings. The maximum Gasteiger partial charge on any atom is 0.228 e. The maximum atomic E-state index is 12.0. The molecule has 2 amide bonds. The molecule has 0 radical (unpaired) electrons. The van der Waals surface area contributed by atoms with Crippen molar-refractivity contribution >= 4 is 29.1 Å². The molecule has 0 atom stereocenters. The van der Waals surface area contributed by atoms with Crippen LogP contribution < -0.4 is 10.6 Å². The fourth-order valence-electron chi connectivity index (χ4n) is 2.39. The van der Waals surface area contributed by atoms with Gasteiger partial charge in [0.1, 0.15) is 0 Å². The highest BCUT2D eigenvalue weighted by Crippen LogP contribution is 2.19. The van der Waals surface area contributed by atoms with Gasteiger partial charge in [0.2, 0.25) is 11.8 Å². The number of nitrogens with one attached hydrogen (secondary N) is 2. The molecular formula is C19H19ClN2O2. The topological polar surface area (TPSA) is 58.2 Å². The Balaban J connectivity index is 1.50. The fraction of sp³-hybridized carbons (Fsp3) is 0.263. The van der Waals surface area contributed by atoms with Gasteiger partial charge in [-0.3, -0.25) is 9.59 Å². The number of rotatable bonds is 6. The van der Waals surface area contributed by atoms with E-state index >= 15 is 0 Å². The average Bonchev–Trinajstić information content (AvgIpc) is 3.35. The molecule has 1 fully saturated rings. The average molecular weight is 343 g/mol. The van der Waals surface area contributed by atoms with Crippen LogP contribution in [0.3, 0.4) is 0 Å². The molecular weight excluding hydrogens is 324 g/mol. The number of anilines is 1. The molecule has 2 aromatic carbocycles. The van der Waals surface area contributed by atoms with Crippen LogP contribution in [-0.2, 0) is 22.4 Å². The van der Waals surface area contributed by atoms with E-state index in [0.717, 1.165) is 29.7 Å². The summed E-state index contributed by atoms with van der Waals surface area (Å²) in [5.41, 5.74) is 2.56. The van der Waals surface area contributed by atoms with Crippen LogP contribution in [0.4, 0.5) is 5.69 Å². The Morgan fingerprint density at radius 2 is 1.42 bits per heavy atom. The molecule has 2 N–H and O–H groups in total. The lowest BCUT2D eigenvalue weighted by Gasteiger charge is -2.07. The molecule has 1 saturated carbocycles. The minimum absolute atomic E-state index is 0.0528. The molecule has 0 spiro atoms. The lowest BCUT2D eigenvalue weighted by molar-refractivity contribution is -0.120. The van der Waals surface area contributed by atoms with Gasteiger partial charge < -0.3 is 10.6 Å². The predicted octanol–water partition coefficient (Wildman–Crippen LogP) is 3.34. The molecule has 24 heavy (non-hydrogen) atoms. The van der Waals surface area contributed by atoms with Crippen molar-refractivity contribution < 1.29 is 9.59 Å². The minimum atomic E-state index is -0.0865. The van der Waals surface area contributed by atoms with Gasteiger partial charge in [0, 0.05) is 16.8 Å². The van der Waals surface area contributed by atoms with Gasteiger partial charge in [0.15, 0.2) is 0 Å². The van der Waals surface area contributed by atoms with Crippen LogP contribution >= 0.6 is 11.6 Å². The number of carbonyl (C=O) groups excluding carboxylic acids is 2. The third kappa shape index (κ3) is 5.10. The van der Waals surface area contributed by atoms with E-state index in [0.29, 0.717) is 23.9 Å². The van der Waals surface area contributed by atoms with Gasteiger partial charge >= 0.3 is 0 Å². The zero-order valence-electron chi connectivity index (χ0n) is 13.2.